The van der Waals surface area contributed by atoms with Crippen molar-refractivity contribution in [2.75, 3.05) is 31.3 Å². The van der Waals surface area contributed by atoms with Crippen molar-refractivity contribution < 1.29 is 27.9 Å². The number of hydrogen-bond donors (Lipinski definition) is 5. The predicted molar refractivity (Wildman–Crippen MR) is 193 cm³/mol. The number of H-pyrrole nitrogens is 1. The summed E-state index contributed by atoms with van der Waals surface area (Å²) in [6.07, 6.45) is 1.42. The lowest BCUT2D eigenvalue weighted by molar-refractivity contribution is -0.118. The topological polar surface area (TPSA) is 184 Å². The first-order chi connectivity index (χ1) is 24.0. The standard InChI is InChI=1S/C37H45N5O7S/c1-25(2)21-23-42(50(47,48)31-18-15-29(38)16-19-31)30(24-43)17-14-28-20-22-39-35(44)33(28)40-36(45)34(41-37(46)49-3)32(26-10-6-4-7-11-26)27-12-8-5-9-13-27/h4-13,15-16,18-20,22,25,30,32,34,43H,14,17,21,23-24,38H2,1-3H3,(H,39,44)(H,40,45)(H,41,46)/t30-,34-/m0/s1. The number of aryl methyl sites for hydroxylation is 1. The highest BCUT2D eigenvalue weighted by atomic mass is 32.2. The molecular formula is C37H45N5O7S. The van der Waals surface area contributed by atoms with E-state index < -0.39 is 52.2 Å². The fraction of sp³-hybridized carbons (Fsp3) is 0.324. The highest BCUT2D eigenvalue weighted by Crippen LogP contribution is 2.30. The summed E-state index contributed by atoms with van der Waals surface area (Å²) in [7, 11) is -2.83. The number of amides is 2. The minimum absolute atomic E-state index is 0.0496. The number of aliphatic hydroxyl groups is 1. The summed E-state index contributed by atoms with van der Waals surface area (Å²) >= 11 is 0. The molecule has 0 saturated carbocycles. The molecule has 0 aliphatic carbocycles. The molecule has 0 saturated heterocycles. The van der Waals surface area contributed by atoms with Crippen molar-refractivity contribution in [1.29, 1.82) is 0 Å². The Hall–Kier alpha value is -4.98. The maximum absolute atomic E-state index is 14.1. The lowest BCUT2D eigenvalue weighted by atomic mass is 9.84. The normalized spacial score (nSPS) is 12.9. The van der Waals surface area contributed by atoms with Crippen molar-refractivity contribution in [2.24, 2.45) is 5.92 Å². The zero-order chi connectivity index (χ0) is 36.3. The number of ether oxygens (including phenoxy) is 1. The number of aromatic amines is 1. The Morgan fingerprint density at radius 2 is 1.52 bits per heavy atom. The summed E-state index contributed by atoms with van der Waals surface area (Å²) in [6.45, 7) is 3.65. The number of benzene rings is 3. The predicted octanol–water partition coefficient (Wildman–Crippen LogP) is 4.48. The molecule has 4 aromatic rings. The maximum Gasteiger partial charge on any atom is 0.407 e. The van der Waals surface area contributed by atoms with Gasteiger partial charge in [0, 0.05) is 30.4 Å². The van der Waals surface area contributed by atoms with Crippen molar-refractivity contribution >= 4 is 33.4 Å². The molecule has 50 heavy (non-hydrogen) atoms. The minimum Gasteiger partial charge on any atom is -0.453 e. The van der Waals surface area contributed by atoms with Crippen LogP contribution < -0.4 is 21.9 Å². The lowest BCUT2D eigenvalue weighted by Gasteiger charge is -2.31. The summed E-state index contributed by atoms with van der Waals surface area (Å²) in [5.41, 5.74) is 7.48. The van der Waals surface area contributed by atoms with Gasteiger partial charge in [0.25, 0.3) is 5.56 Å². The van der Waals surface area contributed by atoms with E-state index in [1.165, 1.54) is 41.9 Å². The van der Waals surface area contributed by atoms with Crippen LogP contribution in [0.5, 0.6) is 0 Å². The molecule has 1 aromatic heterocycles. The average Bonchev–Trinajstić information content (AvgIpc) is 3.11. The third kappa shape index (κ3) is 9.59. The molecule has 0 bridgehead atoms. The van der Waals surface area contributed by atoms with E-state index in [2.05, 4.69) is 15.6 Å². The van der Waals surface area contributed by atoms with Crippen molar-refractivity contribution in [3.05, 3.63) is 124 Å². The van der Waals surface area contributed by atoms with Crippen LogP contribution in [0.4, 0.5) is 16.2 Å². The zero-order valence-electron chi connectivity index (χ0n) is 28.4. The van der Waals surface area contributed by atoms with E-state index in [1.807, 2.05) is 74.5 Å². The number of nitrogen functional groups attached to an aromatic ring is 1. The number of aliphatic hydroxyl groups excluding tert-OH is 1. The van der Waals surface area contributed by atoms with E-state index in [0.29, 0.717) is 17.7 Å². The number of nitrogens with two attached hydrogens (primary N) is 1. The molecule has 2 amide bonds. The smallest absolute Gasteiger partial charge is 0.407 e. The fourth-order valence-corrected chi connectivity index (χ4v) is 7.42. The Labute approximate surface area is 292 Å². The third-order valence-corrected chi connectivity index (χ3v) is 10.4. The Balaban J connectivity index is 1.66. The van der Waals surface area contributed by atoms with Crippen LogP contribution in [0.25, 0.3) is 0 Å². The van der Waals surface area contributed by atoms with Crippen LogP contribution in [-0.4, -0.2) is 67.2 Å². The molecule has 12 nitrogen and oxygen atoms in total. The number of aromatic nitrogens is 1. The number of anilines is 2. The summed E-state index contributed by atoms with van der Waals surface area (Å²) in [5, 5.41) is 15.9. The monoisotopic (exact) mass is 703 g/mol. The second kappa shape index (κ2) is 17.6. The van der Waals surface area contributed by atoms with Gasteiger partial charge in [-0.1, -0.05) is 74.5 Å². The Morgan fingerprint density at radius 3 is 2.06 bits per heavy atom. The van der Waals surface area contributed by atoms with Crippen LogP contribution in [0, 0.1) is 5.92 Å². The highest BCUT2D eigenvalue weighted by molar-refractivity contribution is 7.89. The van der Waals surface area contributed by atoms with Gasteiger partial charge >= 0.3 is 6.09 Å². The number of rotatable bonds is 16. The number of sulfonamides is 1. The largest absolute Gasteiger partial charge is 0.453 e. The first-order valence-electron chi connectivity index (χ1n) is 16.4. The van der Waals surface area contributed by atoms with Gasteiger partial charge in [-0.2, -0.15) is 4.31 Å². The molecule has 3 aromatic carbocycles. The number of hydrogen-bond acceptors (Lipinski definition) is 8. The molecule has 1 heterocycles. The van der Waals surface area contributed by atoms with Gasteiger partial charge < -0.3 is 31.2 Å². The lowest BCUT2D eigenvalue weighted by Crippen LogP contribution is -2.48. The number of carbonyl (C=O) groups is 2. The van der Waals surface area contributed by atoms with E-state index >= 15 is 0 Å². The fourth-order valence-electron chi connectivity index (χ4n) is 5.76. The summed E-state index contributed by atoms with van der Waals surface area (Å²) in [4.78, 5) is 42.6. The van der Waals surface area contributed by atoms with E-state index in [-0.39, 0.29) is 35.9 Å². The number of alkyl carbamates (subject to hydrolysis) is 1. The van der Waals surface area contributed by atoms with Gasteiger partial charge in [-0.3, -0.25) is 9.59 Å². The molecule has 0 unspecified atom stereocenters. The van der Waals surface area contributed by atoms with Crippen molar-refractivity contribution in [1.82, 2.24) is 14.6 Å². The van der Waals surface area contributed by atoms with Gasteiger partial charge in [0.15, 0.2) is 0 Å². The molecule has 0 fully saturated rings. The highest BCUT2D eigenvalue weighted by Gasteiger charge is 2.34. The summed E-state index contributed by atoms with van der Waals surface area (Å²) in [5.74, 6) is -1.14. The number of pyridine rings is 1. The van der Waals surface area contributed by atoms with E-state index in [0.717, 1.165) is 11.1 Å². The Kier molecular flexibility index (Phi) is 13.3. The van der Waals surface area contributed by atoms with Crippen LogP contribution >= 0.6 is 0 Å². The number of nitrogens with one attached hydrogen (secondary N) is 3. The van der Waals surface area contributed by atoms with Gasteiger partial charge in [-0.15, -0.1) is 0 Å². The van der Waals surface area contributed by atoms with Crippen molar-refractivity contribution in [3.63, 3.8) is 0 Å². The summed E-state index contributed by atoms with van der Waals surface area (Å²) < 4.78 is 33.8. The van der Waals surface area contributed by atoms with Gasteiger partial charge in [-0.05, 0) is 72.2 Å². The second-order valence-electron chi connectivity index (χ2n) is 12.4. The number of nitrogens with zero attached hydrogens (tertiary/aromatic N) is 1. The van der Waals surface area contributed by atoms with Gasteiger partial charge in [0.2, 0.25) is 15.9 Å². The number of methoxy groups -OCH3 is 1. The van der Waals surface area contributed by atoms with E-state index in [4.69, 9.17) is 10.5 Å². The summed E-state index contributed by atoms with van der Waals surface area (Å²) in [6, 6.07) is 23.8. The maximum atomic E-state index is 14.1. The van der Waals surface area contributed by atoms with Crippen LogP contribution in [0.1, 0.15) is 49.3 Å². The molecule has 0 spiro atoms. The molecule has 0 aliphatic heterocycles. The molecule has 13 heteroatoms. The Bertz CT molecular complexity index is 1830. The molecule has 2 atom stereocenters. The molecule has 4 rings (SSSR count). The van der Waals surface area contributed by atoms with Gasteiger partial charge in [0.05, 0.1) is 18.6 Å². The van der Waals surface area contributed by atoms with Crippen LogP contribution in [0.15, 0.2) is 107 Å². The van der Waals surface area contributed by atoms with Gasteiger partial charge in [-0.25, -0.2) is 13.2 Å². The van der Waals surface area contributed by atoms with E-state index in [9.17, 15) is 27.9 Å². The molecular weight excluding hydrogens is 659 g/mol. The molecule has 0 aliphatic rings. The molecule has 0 radical (unpaired) electrons. The van der Waals surface area contributed by atoms with E-state index in [1.54, 1.807) is 6.07 Å². The molecule has 6 N–H and O–H groups in total. The van der Waals surface area contributed by atoms with Crippen molar-refractivity contribution in [2.45, 2.75) is 56.0 Å². The SMILES string of the molecule is COC(=O)N[C@H](C(=O)Nc1c(CC[C@@H](CO)N(CCC(C)C)S(=O)(=O)c2ccc(N)cc2)cc[nH]c1=O)C(c1ccccc1)c1ccccc1. The quantitative estimate of drug-likeness (QED) is 0.106. The van der Waals surface area contributed by atoms with Gasteiger partial charge in [0.1, 0.15) is 11.7 Å². The third-order valence-electron chi connectivity index (χ3n) is 8.47. The minimum atomic E-state index is -4.03. The van der Waals surface area contributed by atoms with Crippen LogP contribution in [0.2, 0.25) is 0 Å². The van der Waals surface area contributed by atoms with Crippen LogP contribution in [0.3, 0.4) is 0 Å². The second-order valence-corrected chi connectivity index (χ2v) is 14.2. The molecule has 266 valence electrons. The number of carbonyl (C=O) groups excluding carboxylic acids is 2. The first-order valence-corrected chi connectivity index (χ1v) is 17.8. The first kappa shape index (κ1) is 37.8. The zero-order valence-corrected chi connectivity index (χ0v) is 29.2. The van der Waals surface area contributed by atoms with Crippen LogP contribution in [-0.2, 0) is 26.0 Å². The Morgan fingerprint density at radius 1 is 0.920 bits per heavy atom. The van der Waals surface area contributed by atoms with Crippen molar-refractivity contribution in [3.8, 4) is 0 Å². The average molecular weight is 704 g/mol.